The van der Waals surface area contributed by atoms with Gasteiger partial charge in [0.1, 0.15) is 0 Å². The third-order valence-corrected chi connectivity index (χ3v) is 2.71. The van der Waals surface area contributed by atoms with E-state index in [1.807, 2.05) is 12.1 Å². The van der Waals surface area contributed by atoms with Gasteiger partial charge in [-0.05, 0) is 24.1 Å². The monoisotopic (exact) mass is 250 g/mol. The summed E-state index contributed by atoms with van der Waals surface area (Å²) in [5.41, 5.74) is 7.28. The van der Waals surface area contributed by atoms with E-state index in [4.69, 9.17) is 10.5 Å². The van der Waals surface area contributed by atoms with E-state index in [9.17, 15) is 4.79 Å². The van der Waals surface area contributed by atoms with Crippen molar-refractivity contribution in [3.05, 3.63) is 29.8 Å². The first-order valence-electron chi connectivity index (χ1n) is 6.28. The van der Waals surface area contributed by atoms with Crippen LogP contribution in [-0.2, 0) is 16.0 Å². The second-order valence-electron chi connectivity index (χ2n) is 4.43. The Balaban J connectivity index is 2.46. The standard InChI is InChI=1S/C14H22N2O2/c1-3-4-13(10-18-2)16-14(17)9-11-5-7-12(15)8-6-11/h5-8,13H,3-4,9-10,15H2,1-2H3,(H,16,17). The third-order valence-electron chi connectivity index (χ3n) is 2.71. The molecule has 3 N–H and O–H groups in total. The number of hydrogen-bond donors (Lipinski definition) is 2. The zero-order valence-corrected chi connectivity index (χ0v) is 11.1. The summed E-state index contributed by atoms with van der Waals surface area (Å²) in [7, 11) is 1.65. The highest BCUT2D eigenvalue weighted by molar-refractivity contribution is 5.79. The molecule has 100 valence electrons. The molecule has 0 fully saturated rings. The number of amides is 1. The van der Waals surface area contributed by atoms with E-state index >= 15 is 0 Å². The van der Waals surface area contributed by atoms with Crippen LogP contribution in [0.3, 0.4) is 0 Å². The molecule has 0 aliphatic rings. The number of benzene rings is 1. The van der Waals surface area contributed by atoms with Gasteiger partial charge in [-0.2, -0.15) is 0 Å². The molecule has 0 aliphatic heterocycles. The highest BCUT2D eigenvalue weighted by Crippen LogP contribution is 2.06. The number of carbonyl (C=O) groups excluding carboxylic acids is 1. The van der Waals surface area contributed by atoms with E-state index in [1.54, 1.807) is 19.2 Å². The number of hydrogen-bond acceptors (Lipinski definition) is 3. The molecule has 0 aromatic heterocycles. The maximum Gasteiger partial charge on any atom is 0.224 e. The average molecular weight is 250 g/mol. The lowest BCUT2D eigenvalue weighted by molar-refractivity contribution is -0.121. The summed E-state index contributed by atoms with van der Waals surface area (Å²) in [5, 5.41) is 2.99. The molecule has 4 nitrogen and oxygen atoms in total. The molecule has 0 saturated heterocycles. The van der Waals surface area contributed by atoms with Crippen LogP contribution in [0.1, 0.15) is 25.3 Å². The fourth-order valence-corrected chi connectivity index (χ4v) is 1.85. The van der Waals surface area contributed by atoms with Crippen LogP contribution in [0.5, 0.6) is 0 Å². The molecule has 0 bridgehead atoms. The molecule has 4 heteroatoms. The third kappa shape index (κ3) is 5.19. The molecule has 1 atom stereocenters. The van der Waals surface area contributed by atoms with Crippen LogP contribution in [0.25, 0.3) is 0 Å². The molecule has 0 spiro atoms. The van der Waals surface area contributed by atoms with Crippen molar-refractivity contribution in [1.82, 2.24) is 5.32 Å². The van der Waals surface area contributed by atoms with Crippen molar-refractivity contribution in [1.29, 1.82) is 0 Å². The maximum absolute atomic E-state index is 11.9. The van der Waals surface area contributed by atoms with Crippen LogP contribution >= 0.6 is 0 Å². The summed E-state index contributed by atoms with van der Waals surface area (Å²) in [5.74, 6) is 0.0234. The summed E-state index contributed by atoms with van der Waals surface area (Å²) in [6, 6.07) is 7.46. The first kappa shape index (κ1) is 14.5. The Morgan fingerprint density at radius 2 is 2.06 bits per heavy atom. The number of nitrogen functional groups attached to an aromatic ring is 1. The Hall–Kier alpha value is -1.55. The summed E-state index contributed by atoms with van der Waals surface area (Å²) in [6.45, 7) is 2.65. The first-order valence-corrected chi connectivity index (χ1v) is 6.28. The van der Waals surface area contributed by atoms with Gasteiger partial charge in [-0.3, -0.25) is 4.79 Å². The number of nitrogens with two attached hydrogens (primary N) is 1. The van der Waals surface area contributed by atoms with Gasteiger partial charge >= 0.3 is 0 Å². The second kappa shape index (κ2) is 7.71. The number of nitrogens with one attached hydrogen (secondary N) is 1. The van der Waals surface area contributed by atoms with Gasteiger partial charge in [-0.25, -0.2) is 0 Å². The Morgan fingerprint density at radius 1 is 1.39 bits per heavy atom. The molecule has 1 aromatic rings. The summed E-state index contributed by atoms with van der Waals surface area (Å²) >= 11 is 0. The lowest BCUT2D eigenvalue weighted by atomic mass is 10.1. The van der Waals surface area contributed by atoms with Gasteiger partial charge in [0.15, 0.2) is 0 Å². The SMILES string of the molecule is CCCC(COC)NC(=O)Cc1ccc(N)cc1. The molecule has 0 radical (unpaired) electrons. The minimum atomic E-state index is 0.0234. The van der Waals surface area contributed by atoms with Crippen molar-refractivity contribution in [2.75, 3.05) is 19.5 Å². The van der Waals surface area contributed by atoms with Crippen LogP contribution in [0.4, 0.5) is 5.69 Å². The lowest BCUT2D eigenvalue weighted by Gasteiger charge is -2.17. The Morgan fingerprint density at radius 3 is 2.61 bits per heavy atom. The Labute approximate surface area is 109 Å². The molecular weight excluding hydrogens is 228 g/mol. The van der Waals surface area contributed by atoms with Gasteiger partial charge in [0, 0.05) is 12.8 Å². The molecule has 18 heavy (non-hydrogen) atoms. The predicted molar refractivity (Wildman–Crippen MR) is 73.3 cm³/mol. The second-order valence-corrected chi connectivity index (χ2v) is 4.43. The van der Waals surface area contributed by atoms with Gasteiger partial charge in [0.25, 0.3) is 0 Å². The number of methoxy groups -OCH3 is 1. The van der Waals surface area contributed by atoms with Gasteiger partial charge in [0.2, 0.25) is 5.91 Å². The fourth-order valence-electron chi connectivity index (χ4n) is 1.85. The number of ether oxygens (including phenoxy) is 1. The number of anilines is 1. The highest BCUT2D eigenvalue weighted by Gasteiger charge is 2.11. The molecule has 1 unspecified atom stereocenters. The summed E-state index contributed by atoms with van der Waals surface area (Å²) in [6.07, 6.45) is 2.34. The summed E-state index contributed by atoms with van der Waals surface area (Å²) in [4.78, 5) is 11.9. The zero-order chi connectivity index (χ0) is 13.4. The molecule has 1 aromatic carbocycles. The van der Waals surface area contributed by atoms with Gasteiger partial charge in [-0.15, -0.1) is 0 Å². The van der Waals surface area contributed by atoms with E-state index in [-0.39, 0.29) is 11.9 Å². The Bertz CT molecular complexity index is 357. The quantitative estimate of drug-likeness (QED) is 0.724. The van der Waals surface area contributed by atoms with E-state index in [2.05, 4.69) is 12.2 Å². The number of carbonyl (C=O) groups is 1. The molecule has 0 saturated carbocycles. The largest absolute Gasteiger partial charge is 0.399 e. The predicted octanol–water partition coefficient (Wildman–Crippen LogP) is 1.74. The van der Waals surface area contributed by atoms with Gasteiger partial charge in [-0.1, -0.05) is 25.5 Å². The van der Waals surface area contributed by atoms with Gasteiger partial charge in [0.05, 0.1) is 19.1 Å². The van der Waals surface area contributed by atoms with Crippen LogP contribution in [-0.4, -0.2) is 25.7 Å². The van der Waals surface area contributed by atoms with Gasteiger partial charge < -0.3 is 15.8 Å². The molecule has 0 heterocycles. The van der Waals surface area contributed by atoms with Crippen molar-refractivity contribution in [3.63, 3.8) is 0 Å². The average Bonchev–Trinajstić information content (AvgIpc) is 2.33. The molecule has 0 aliphatic carbocycles. The van der Waals surface area contributed by atoms with E-state index in [0.717, 1.165) is 18.4 Å². The first-order chi connectivity index (χ1) is 8.65. The molecular formula is C14H22N2O2. The highest BCUT2D eigenvalue weighted by atomic mass is 16.5. The summed E-state index contributed by atoms with van der Waals surface area (Å²) < 4.78 is 5.09. The number of rotatable bonds is 7. The van der Waals surface area contributed by atoms with Crippen molar-refractivity contribution >= 4 is 11.6 Å². The Kier molecular flexibility index (Phi) is 6.22. The van der Waals surface area contributed by atoms with Crippen LogP contribution in [0.15, 0.2) is 24.3 Å². The smallest absolute Gasteiger partial charge is 0.224 e. The fraction of sp³-hybridized carbons (Fsp3) is 0.500. The normalized spacial score (nSPS) is 12.1. The van der Waals surface area contributed by atoms with Crippen molar-refractivity contribution in [3.8, 4) is 0 Å². The van der Waals surface area contributed by atoms with Crippen molar-refractivity contribution in [2.45, 2.75) is 32.2 Å². The lowest BCUT2D eigenvalue weighted by Crippen LogP contribution is -2.38. The molecule has 1 rings (SSSR count). The van der Waals surface area contributed by atoms with E-state index in [0.29, 0.717) is 18.7 Å². The minimum absolute atomic E-state index is 0.0234. The van der Waals surface area contributed by atoms with Crippen molar-refractivity contribution in [2.24, 2.45) is 0 Å². The van der Waals surface area contributed by atoms with E-state index in [1.165, 1.54) is 0 Å². The van der Waals surface area contributed by atoms with Crippen LogP contribution in [0.2, 0.25) is 0 Å². The van der Waals surface area contributed by atoms with Crippen LogP contribution < -0.4 is 11.1 Å². The topological polar surface area (TPSA) is 64.3 Å². The van der Waals surface area contributed by atoms with E-state index < -0.39 is 0 Å². The zero-order valence-electron chi connectivity index (χ0n) is 11.1. The molecule has 1 amide bonds. The maximum atomic E-state index is 11.9. The van der Waals surface area contributed by atoms with Crippen LogP contribution in [0, 0.1) is 0 Å². The van der Waals surface area contributed by atoms with Crippen molar-refractivity contribution < 1.29 is 9.53 Å². The minimum Gasteiger partial charge on any atom is -0.399 e.